The van der Waals surface area contributed by atoms with Crippen LogP contribution in [0.15, 0.2) is 70.4 Å². The standard InChI is InChI=1S/C26H26F3N5O2S/c1-16(2)33(17(3)4)24(35)21-14-36-22(30-21)15-37-25-32-31-23(18-9-6-5-7-10-18)34(25)20-12-8-11-19(13-20)26(27,28)29/h5-14,16-17H,15H2,1-4H3. The zero-order chi connectivity index (χ0) is 26.7. The average molecular weight is 530 g/mol. The molecule has 0 saturated carbocycles. The number of hydrogen-bond acceptors (Lipinski definition) is 6. The summed E-state index contributed by atoms with van der Waals surface area (Å²) in [5.41, 5.74) is 0.395. The summed E-state index contributed by atoms with van der Waals surface area (Å²) >= 11 is 1.20. The minimum atomic E-state index is -4.49. The largest absolute Gasteiger partial charge is 0.447 e. The minimum absolute atomic E-state index is 0.00977. The Kier molecular flexibility index (Phi) is 7.72. The first-order valence-corrected chi connectivity index (χ1v) is 12.6. The third-order valence-corrected chi connectivity index (χ3v) is 6.45. The van der Waals surface area contributed by atoms with Gasteiger partial charge in [-0.2, -0.15) is 13.2 Å². The predicted molar refractivity (Wildman–Crippen MR) is 134 cm³/mol. The molecule has 4 aromatic rings. The van der Waals surface area contributed by atoms with Gasteiger partial charge in [0, 0.05) is 17.6 Å². The molecule has 7 nitrogen and oxygen atoms in total. The molecular weight excluding hydrogens is 503 g/mol. The number of carbonyl (C=O) groups is 1. The Morgan fingerprint density at radius 1 is 1.03 bits per heavy atom. The molecule has 0 radical (unpaired) electrons. The molecule has 11 heteroatoms. The zero-order valence-electron chi connectivity index (χ0n) is 20.7. The van der Waals surface area contributed by atoms with Gasteiger partial charge in [0.25, 0.3) is 5.91 Å². The number of hydrogen-bond donors (Lipinski definition) is 0. The molecule has 2 aromatic heterocycles. The molecule has 0 aliphatic carbocycles. The lowest BCUT2D eigenvalue weighted by Gasteiger charge is -2.29. The van der Waals surface area contributed by atoms with Crippen molar-refractivity contribution in [3.8, 4) is 17.1 Å². The minimum Gasteiger partial charge on any atom is -0.447 e. The van der Waals surface area contributed by atoms with Crippen molar-refractivity contribution in [1.82, 2.24) is 24.6 Å². The van der Waals surface area contributed by atoms with Crippen LogP contribution in [0.25, 0.3) is 17.1 Å². The Morgan fingerprint density at radius 3 is 2.38 bits per heavy atom. The van der Waals surface area contributed by atoms with E-state index in [1.807, 2.05) is 58.0 Å². The van der Waals surface area contributed by atoms with Crippen LogP contribution in [0.2, 0.25) is 0 Å². The first kappa shape index (κ1) is 26.5. The number of nitrogens with zero attached hydrogens (tertiary/aromatic N) is 5. The lowest BCUT2D eigenvalue weighted by Crippen LogP contribution is -2.42. The fraction of sp³-hybridized carbons (Fsp3) is 0.308. The number of thioether (sulfide) groups is 1. The van der Waals surface area contributed by atoms with Crippen molar-refractivity contribution >= 4 is 17.7 Å². The lowest BCUT2D eigenvalue weighted by atomic mass is 10.1. The van der Waals surface area contributed by atoms with Crippen molar-refractivity contribution in [2.24, 2.45) is 0 Å². The first-order valence-electron chi connectivity index (χ1n) is 11.6. The number of alkyl halides is 3. The molecular formula is C26H26F3N5O2S. The summed E-state index contributed by atoms with van der Waals surface area (Å²) in [5.74, 6) is 0.655. The quantitative estimate of drug-likeness (QED) is 0.243. The second-order valence-electron chi connectivity index (χ2n) is 8.87. The van der Waals surface area contributed by atoms with E-state index in [1.165, 1.54) is 24.1 Å². The van der Waals surface area contributed by atoms with Crippen LogP contribution >= 0.6 is 11.8 Å². The molecule has 0 bridgehead atoms. The van der Waals surface area contributed by atoms with Gasteiger partial charge in [0.15, 0.2) is 16.7 Å². The van der Waals surface area contributed by atoms with E-state index in [1.54, 1.807) is 15.5 Å². The fourth-order valence-electron chi connectivity index (χ4n) is 3.99. The fourth-order valence-corrected chi connectivity index (χ4v) is 4.80. The molecule has 0 fully saturated rings. The van der Waals surface area contributed by atoms with Gasteiger partial charge in [0.2, 0.25) is 5.89 Å². The van der Waals surface area contributed by atoms with E-state index in [0.29, 0.717) is 22.4 Å². The molecule has 0 N–H and O–H groups in total. The summed E-state index contributed by atoms with van der Waals surface area (Å²) in [6.07, 6.45) is -3.17. The van der Waals surface area contributed by atoms with Crippen molar-refractivity contribution in [3.05, 3.63) is 78.0 Å². The van der Waals surface area contributed by atoms with E-state index in [2.05, 4.69) is 15.2 Å². The van der Waals surface area contributed by atoms with Crippen LogP contribution in [0.5, 0.6) is 0 Å². The molecule has 0 aliphatic heterocycles. The highest BCUT2D eigenvalue weighted by atomic mass is 32.2. The van der Waals surface area contributed by atoms with Crippen LogP contribution in [0.3, 0.4) is 0 Å². The smallest absolute Gasteiger partial charge is 0.416 e. The van der Waals surface area contributed by atoms with Crippen LogP contribution in [0.1, 0.15) is 49.6 Å². The highest BCUT2D eigenvalue weighted by molar-refractivity contribution is 7.98. The van der Waals surface area contributed by atoms with Gasteiger partial charge in [-0.3, -0.25) is 9.36 Å². The molecule has 0 saturated heterocycles. The Hall–Kier alpha value is -3.60. The van der Waals surface area contributed by atoms with Crippen LogP contribution < -0.4 is 0 Å². The zero-order valence-corrected chi connectivity index (χ0v) is 21.5. The van der Waals surface area contributed by atoms with Crippen molar-refractivity contribution in [2.45, 2.75) is 56.9 Å². The number of amides is 1. The SMILES string of the molecule is CC(C)N(C(=O)c1coc(CSc2nnc(-c3ccccc3)n2-c2cccc(C(F)(F)F)c2)n1)C(C)C. The number of carbonyl (C=O) groups excluding carboxylic acids is 1. The van der Waals surface area contributed by atoms with E-state index in [9.17, 15) is 18.0 Å². The Labute approximate surface area is 216 Å². The van der Waals surface area contributed by atoms with E-state index in [4.69, 9.17) is 4.42 Å². The van der Waals surface area contributed by atoms with Crippen molar-refractivity contribution < 1.29 is 22.4 Å². The van der Waals surface area contributed by atoms with Gasteiger partial charge in [-0.1, -0.05) is 48.2 Å². The van der Waals surface area contributed by atoms with Gasteiger partial charge in [0.05, 0.1) is 17.0 Å². The maximum absolute atomic E-state index is 13.4. The molecule has 2 heterocycles. The van der Waals surface area contributed by atoms with E-state index in [0.717, 1.165) is 12.1 Å². The summed E-state index contributed by atoms with van der Waals surface area (Å²) in [5, 5.41) is 8.86. The molecule has 2 aromatic carbocycles. The summed E-state index contributed by atoms with van der Waals surface area (Å²) < 4.78 is 47.4. The van der Waals surface area contributed by atoms with Crippen LogP contribution in [0, 0.1) is 0 Å². The predicted octanol–water partition coefficient (Wildman–Crippen LogP) is 6.49. The maximum Gasteiger partial charge on any atom is 0.416 e. The second kappa shape index (κ2) is 10.8. The van der Waals surface area contributed by atoms with Gasteiger partial charge < -0.3 is 9.32 Å². The van der Waals surface area contributed by atoms with Gasteiger partial charge in [-0.25, -0.2) is 4.98 Å². The van der Waals surface area contributed by atoms with Gasteiger partial charge in [-0.05, 0) is 45.9 Å². The summed E-state index contributed by atoms with van der Waals surface area (Å²) in [7, 11) is 0. The van der Waals surface area contributed by atoms with Gasteiger partial charge in [-0.15, -0.1) is 10.2 Å². The number of benzene rings is 2. The molecule has 0 aliphatic rings. The Balaban J connectivity index is 1.64. The van der Waals surface area contributed by atoms with E-state index >= 15 is 0 Å². The number of aromatic nitrogens is 4. The summed E-state index contributed by atoms with van der Waals surface area (Å²) in [6, 6.07) is 14.1. The Morgan fingerprint density at radius 2 is 1.73 bits per heavy atom. The topological polar surface area (TPSA) is 77.0 Å². The summed E-state index contributed by atoms with van der Waals surface area (Å²) in [4.78, 5) is 19.0. The lowest BCUT2D eigenvalue weighted by molar-refractivity contribution is -0.137. The molecule has 37 heavy (non-hydrogen) atoms. The second-order valence-corrected chi connectivity index (χ2v) is 9.81. The van der Waals surface area contributed by atoms with Crippen LogP contribution in [0.4, 0.5) is 13.2 Å². The highest BCUT2D eigenvalue weighted by Gasteiger charge is 2.31. The van der Waals surface area contributed by atoms with Crippen molar-refractivity contribution in [1.29, 1.82) is 0 Å². The number of oxazole rings is 1. The molecule has 0 spiro atoms. The van der Waals surface area contributed by atoms with Gasteiger partial charge in [0.1, 0.15) is 6.26 Å². The van der Waals surface area contributed by atoms with E-state index < -0.39 is 11.7 Å². The van der Waals surface area contributed by atoms with E-state index in [-0.39, 0.29) is 35.1 Å². The third-order valence-electron chi connectivity index (χ3n) is 5.54. The average Bonchev–Trinajstić information content (AvgIpc) is 3.50. The first-order chi connectivity index (χ1) is 17.6. The number of rotatable bonds is 8. The normalized spacial score (nSPS) is 11.9. The Bertz CT molecular complexity index is 1360. The maximum atomic E-state index is 13.4. The molecule has 194 valence electrons. The monoisotopic (exact) mass is 529 g/mol. The molecule has 4 rings (SSSR count). The molecule has 0 unspecified atom stereocenters. The third kappa shape index (κ3) is 5.87. The van der Waals surface area contributed by atoms with Crippen LogP contribution in [-0.2, 0) is 11.9 Å². The number of halogens is 3. The van der Waals surface area contributed by atoms with Gasteiger partial charge >= 0.3 is 6.18 Å². The van der Waals surface area contributed by atoms with Crippen molar-refractivity contribution in [3.63, 3.8) is 0 Å². The highest BCUT2D eigenvalue weighted by Crippen LogP contribution is 2.34. The molecule has 0 atom stereocenters. The molecule has 1 amide bonds. The van der Waals surface area contributed by atoms with Crippen LogP contribution in [-0.4, -0.2) is 42.6 Å². The van der Waals surface area contributed by atoms with Crippen molar-refractivity contribution in [2.75, 3.05) is 0 Å². The summed E-state index contributed by atoms with van der Waals surface area (Å²) in [6.45, 7) is 7.72.